The lowest BCUT2D eigenvalue weighted by Gasteiger charge is -2.09. The van der Waals surface area contributed by atoms with Crippen molar-refractivity contribution in [1.29, 1.82) is 0 Å². The average molecular weight is 572 g/mol. The third-order valence-electron chi connectivity index (χ3n) is 6.08. The molecule has 12 heteroatoms. The van der Waals surface area contributed by atoms with Crippen LogP contribution in [-0.2, 0) is 0 Å². The molecular formula is C26H6F10S2. The molecule has 0 amide bonds. The van der Waals surface area contributed by atoms with Crippen molar-refractivity contribution in [2.75, 3.05) is 0 Å². The molecule has 192 valence electrons. The molecule has 0 atom stereocenters. The molecule has 0 saturated carbocycles. The van der Waals surface area contributed by atoms with E-state index in [0.29, 0.717) is 29.6 Å². The molecular weight excluding hydrogens is 566 g/mol. The summed E-state index contributed by atoms with van der Waals surface area (Å²) in [6.07, 6.45) is 0. The maximum Gasteiger partial charge on any atom is 0.200 e. The van der Waals surface area contributed by atoms with E-state index in [1.165, 1.54) is 36.4 Å². The minimum atomic E-state index is -2.27. The van der Waals surface area contributed by atoms with E-state index < -0.39 is 69.3 Å². The third kappa shape index (κ3) is 3.29. The van der Waals surface area contributed by atoms with Gasteiger partial charge in [0.25, 0.3) is 0 Å². The highest BCUT2D eigenvalue weighted by Gasteiger charge is 2.28. The summed E-state index contributed by atoms with van der Waals surface area (Å²) in [6, 6.07) is 7.80. The Morgan fingerprint density at radius 3 is 0.974 bits per heavy atom. The molecule has 0 aliphatic heterocycles. The summed E-state index contributed by atoms with van der Waals surface area (Å²) in [4.78, 5) is 0. The molecule has 0 aliphatic rings. The molecule has 0 nitrogen and oxygen atoms in total. The highest BCUT2D eigenvalue weighted by molar-refractivity contribution is 7.36. The van der Waals surface area contributed by atoms with Crippen molar-refractivity contribution in [1.82, 2.24) is 0 Å². The zero-order valence-corrected chi connectivity index (χ0v) is 19.7. The van der Waals surface area contributed by atoms with Gasteiger partial charge in [0, 0.05) is 20.2 Å². The Kier molecular flexibility index (Phi) is 5.48. The van der Waals surface area contributed by atoms with E-state index in [1.807, 2.05) is 0 Å². The van der Waals surface area contributed by atoms with Crippen LogP contribution in [0.3, 0.4) is 0 Å². The van der Waals surface area contributed by atoms with Gasteiger partial charge in [0.2, 0.25) is 11.6 Å². The van der Waals surface area contributed by atoms with Crippen molar-refractivity contribution >= 4 is 52.2 Å². The lowest BCUT2D eigenvalue weighted by molar-refractivity contribution is 0.381. The molecule has 4 aromatic carbocycles. The van der Waals surface area contributed by atoms with Crippen molar-refractivity contribution in [2.24, 2.45) is 0 Å². The second-order valence-corrected chi connectivity index (χ2v) is 10.3. The molecule has 0 fully saturated rings. The summed E-state index contributed by atoms with van der Waals surface area (Å²) >= 11 is 2.26. The highest BCUT2D eigenvalue weighted by Crippen LogP contribution is 2.47. The van der Waals surface area contributed by atoms with Crippen molar-refractivity contribution in [3.05, 3.63) is 94.6 Å². The van der Waals surface area contributed by atoms with Gasteiger partial charge in [-0.15, -0.1) is 22.7 Å². The highest BCUT2D eigenvalue weighted by atomic mass is 32.1. The third-order valence-corrected chi connectivity index (χ3v) is 8.58. The van der Waals surface area contributed by atoms with Gasteiger partial charge in [-0.1, -0.05) is 24.3 Å². The van der Waals surface area contributed by atoms with Crippen molar-refractivity contribution in [3.8, 4) is 22.3 Å². The van der Waals surface area contributed by atoms with E-state index in [0.717, 1.165) is 22.7 Å². The molecule has 6 rings (SSSR count). The molecule has 0 bridgehead atoms. The first-order chi connectivity index (χ1) is 18.0. The van der Waals surface area contributed by atoms with Gasteiger partial charge in [0.05, 0.1) is 20.5 Å². The van der Waals surface area contributed by atoms with Crippen LogP contribution in [0.4, 0.5) is 43.9 Å². The Balaban J connectivity index is 1.52. The number of hydrogen-bond acceptors (Lipinski definition) is 2. The number of hydrogen-bond donors (Lipinski definition) is 0. The summed E-state index contributed by atoms with van der Waals surface area (Å²) < 4.78 is 141. The Labute approximate surface area is 213 Å². The zero-order valence-electron chi connectivity index (χ0n) is 18.1. The largest absolute Gasteiger partial charge is 0.203 e. The van der Waals surface area contributed by atoms with Crippen LogP contribution < -0.4 is 0 Å². The lowest BCUT2D eigenvalue weighted by Crippen LogP contribution is -2.03. The van der Waals surface area contributed by atoms with Crippen LogP contribution in [0.15, 0.2) is 36.4 Å². The Morgan fingerprint density at radius 2 is 0.658 bits per heavy atom. The molecule has 0 spiro atoms. The fourth-order valence-electron chi connectivity index (χ4n) is 4.28. The van der Waals surface area contributed by atoms with Crippen LogP contribution >= 0.6 is 22.7 Å². The topological polar surface area (TPSA) is 0 Å². The number of fused-ring (bicyclic) bond motifs is 5. The Morgan fingerprint density at radius 1 is 0.368 bits per heavy atom. The van der Waals surface area contributed by atoms with Gasteiger partial charge in [-0.05, 0) is 23.3 Å². The molecule has 0 radical (unpaired) electrons. The molecule has 38 heavy (non-hydrogen) atoms. The van der Waals surface area contributed by atoms with E-state index in [-0.39, 0.29) is 11.1 Å². The predicted octanol–water partition coefficient (Wildman–Crippen LogP) is 9.99. The smallest absolute Gasteiger partial charge is 0.200 e. The standard InChI is InChI=1S/C26H6F10S2/c27-15-13(16(28)20(32)23(35)19(15)31)7-1-3-9-11(5-7)37-26-10-4-2-8(6-12(10)38-25(9)26)14-17(29)21(33)24(36)22(34)18(14)30/h1-6H. The summed E-state index contributed by atoms with van der Waals surface area (Å²) in [5, 5.41) is 1.13. The van der Waals surface area contributed by atoms with Gasteiger partial charge in [0.15, 0.2) is 46.5 Å². The van der Waals surface area contributed by atoms with E-state index >= 15 is 0 Å². The molecule has 2 heterocycles. The fraction of sp³-hybridized carbons (Fsp3) is 0. The van der Waals surface area contributed by atoms with Gasteiger partial charge >= 0.3 is 0 Å². The first-order valence-corrected chi connectivity index (χ1v) is 12.1. The Bertz CT molecular complexity index is 1790. The molecule has 0 unspecified atom stereocenters. The Hall–Kier alpha value is -3.64. The van der Waals surface area contributed by atoms with E-state index in [4.69, 9.17) is 0 Å². The van der Waals surface area contributed by atoms with E-state index in [2.05, 4.69) is 0 Å². The van der Waals surface area contributed by atoms with Crippen molar-refractivity contribution in [3.63, 3.8) is 0 Å². The molecule has 0 saturated heterocycles. The summed E-state index contributed by atoms with van der Waals surface area (Å²) in [6.45, 7) is 0. The van der Waals surface area contributed by atoms with Gasteiger partial charge < -0.3 is 0 Å². The minimum absolute atomic E-state index is 0.239. The number of rotatable bonds is 2. The van der Waals surface area contributed by atoms with Gasteiger partial charge in [-0.2, -0.15) is 0 Å². The maximum absolute atomic E-state index is 14.3. The van der Waals surface area contributed by atoms with E-state index in [9.17, 15) is 43.9 Å². The summed E-state index contributed by atoms with van der Waals surface area (Å²) in [5.41, 5.74) is -2.62. The van der Waals surface area contributed by atoms with Crippen LogP contribution in [0.2, 0.25) is 0 Å². The average Bonchev–Trinajstić information content (AvgIpc) is 3.44. The molecule has 6 aromatic rings. The molecule has 2 aromatic heterocycles. The number of thiophene rings is 2. The normalized spacial score (nSPS) is 11.9. The van der Waals surface area contributed by atoms with Crippen LogP contribution in [0.1, 0.15) is 0 Å². The molecule has 0 aliphatic carbocycles. The first-order valence-electron chi connectivity index (χ1n) is 10.4. The fourth-order valence-corrected chi connectivity index (χ4v) is 7.02. The lowest BCUT2D eigenvalue weighted by atomic mass is 10.0. The zero-order chi connectivity index (χ0) is 27.2. The first kappa shape index (κ1) is 24.7. The molecule has 0 N–H and O–H groups in total. The monoisotopic (exact) mass is 572 g/mol. The van der Waals surface area contributed by atoms with Gasteiger partial charge in [-0.3, -0.25) is 0 Å². The number of halogens is 10. The minimum Gasteiger partial charge on any atom is -0.203 e. The van der Waals surface area contributed by atoms with Crippen molar-refractivity contribution < 1.29 is 43.9 Å². The number of benzene rings is 4. The maximum atomic E-state index is 14.3. The van der Waals surface area contributed by atoms with Crippen LogP contribution in [-0.4, -0.2) is 0 Å². The SMILES string of the molecule is Fc1c(F)c(F)c(-c2ccc3c(c2)sc2c4ccc(-c5c(F)c(F)c(F)c(F)c5F)cc4sc32)c(F)c1F. The summed E-state index contributed by atoms with van der Waals surface area (Å²) in [5.74, 6) is -20.7. The van der Waals surface area contributed by atoms with Gasteiger partial charge in [-0.25, -0.2) is 43.9 Å². The van der Waals surface area contributed by atoms with Crippen LogP contribution in [0.25, 0.3) is 51.8 Å². The summed E-state index contributed by atoms with van der Waals surface area (Å²) in [7, 11) is 0. The van der Waals surface area contributed by atoms with Gasteiger partial charge in [0.1, 0.15) is 0 Å². The van der Waals surface area contributed by atoms with Crippen LogP contribution in [0.5, 0.6) is 0 Å². The second-order valence-electron chi connectivity index (χ2n) is 8.17. The van der Waals surface area contributed by atoms with Crippen molar-refractivity contribution in [2.45, 2.75) is 0 Å². The second kappa shape index (κ2) is 8.43. The predicted molar refractivity (Wildman–Crippen MR) is 125 cm³/mol. The quantitative estimate of drug-likeness (QED) is 0.110. The van der Waals surface area contributed by atoms with E-state index in [1.54, 1.807) is 0 Å². The van der Waals surface area contributed by atoms with Crippen LogP contribution in [0, 0.1) is 58.2 Å².